The van der Waals surface area contributed by atoms with Gasteiger partial charge in [-0.1, -0.05) is 176 Å². The third kappa shape index (κ3) is 5.81. The Kier molecular flexibility index (Phi) is 8.25. The number of furan rings is 1. The summed E-state index contributed by atoms with van der Waals surface area (Å²) < 4.78 is 6.54. The van der Waals surface area contributed by atoms with Gasteiger partial charge in [0.2, 0.25) is 0 Å². The van der Waals surface area contributed by atoms with Crippen molar-refractivity contribution in [3.8, 4) is 33.4 Å². The number of hydrogen-bond donors (Lipinski definition) is 0. The van der Waals surface area contributed by atoms with Gasteiger partial charge in [-0.25, -0.2) is 0 Å². The van der Waals surface area contributed by atoms with Gasteiger partial charge in [0.25, 0.3) is 0 Å². The standard InChI is InChI=1S/C62H39NO/c1-2-15-41(16-3-1)49-34-31-47(39-58(49)44-29-28-40-14-4-5-17-42(40)36-44)63(46-32-35-50-45(37-46)30-33-57-56-22-10-11-27-61(56)64-62(50)57)60-26-13-24-52-54(23-12-25-55(52)60)59-38-43-18-6-7-19-48(43)51-20-8-9-21-53(51)59/h1-39H. The van der Waals surface area contributed by atoms with Crippen molar-refractivity contribution in [2.24, 2.45) is 0 Å². The topological polar surface area (TPSA) is 16.4 Å². The monoisotopic (exact) mass is 813 g/mol. The van der Waals surface area contributed by atoms with E-state index in [4.69, 9.17) is 4.42 Å². The molecule has 0 unspecified atom stereocenters. The Morgan fingerprint density at radius 1 is 0.266 bits per heavy atom. The molecule has 0 atom stereocenters. The first-order chi connectivity index (χ1) is 31.7. The van der Waals surface area contributed by atoms with E-state index in [-0.39, 0.29) is 0 Å². The van der Waals surface area contributed by atoms with Gasteiger partial charge in [-0.3, -0.25) is 0 Å². The predicted molar refractivity (Wildman–Crippen MR) is 272 cm³/mol. The number of fused-ring (bicyclic) bond motifs is 10. The van der Waals surface area contributed by atoms with E-state index in [0.717, 1.165) is 49.8 Å². The fraction of sp³-hybridized carbons (Fsp3) is 0. The molecule has 0 bridgehead atoms. The summed E-state index contributed by atoms with van der Waals surface area (Å²) in [6, 6.07) is 86.3. The lowest BCUT2D eigenvalue weighted by atomic mass is 9.90. The van der Waals surface area contributed by atoms with Gasteiger partial charge < -0.3 is 9.32 Å². The molecular weight excluding hydrogens is 775 g/mol. The lowest BCUT2D eigenvalue weighted by Gasteiger charge is -2.29. The smallest absolute Gasteiger partial charge is 0.143 e. The van der Waals surface area contributed by atoms with Crippen molar-refractivity contribution in [3.63, 3.8) is 0 Å². The summed E-state index contributed by atoms with van der Waals surface area (Å²) in [6.07, 6.45) is 0. The maximum absolute atomic E-state index is 6.54. The molecule has 0 radical (unpaired) electrons. The van der Waals surface area contributed by atoms with Crippen LogP contribution >= 0.6 is 0 Å². The zero-order valence-corrected chi connectivity index (χ0v) is 34.9. The number of nitrogens with zero attached hydrogens (tertiary/aromatic N) is 1. The third-order valence-electron chi connectivity index (χ3n) is 13.2. The van der Waals surface area contributed by atoms with Gasteiger partial charge in [0, 0.05) is 32.9 Å². The first-order valence-corrected chi connectivity index (χ1v) is 22.0. The van der Waals surface area contributed by atoms with Crippen LogP contribution in [0.1, 0.15) is 0 Å². The van der Waals surface area contributed by atoms with Crippen molar-refractivity contribution in [2.45, 2.75) is 0 Å². The summed E-state index contributed by atoms with van der Waals surface area (Å²) in [5, 5.41) is 14.3. The fourth-order valence-corrected chi connectivity index (χ4v) is 10.2. The molecule has 2 heteroatoms. The van der Waals surface area contributed by atoms with Crippen LogP contribution in [0.25, 0.3) is 109 Å². The summed E-state index contributed by atoms with van der Waals surface area (Å²) in [4.78, 5) is 2.45. The average molecular weight is 814 g/mol. The highest BCUT2D eigenvalue weighted by atomic mass is 16.3. The van der Waals surface area contributed by atoms with Gasteiger partial charge >= 0.3 is 0 Å². The molecule has 2 nitrogen and oxygen atoms in total. The van der Waals surface area contributed by atoms with E-state index < -0.39 is 0 Å². The van der Waals surface area contributed by atoms with Gasteiger partial charge in [0.1, 0.15) is 11.2 Å². The van der Waals surface area contributed by atoms with Crippen molar-refractivity contribution in [1.82, 2.24) is 0 Å². The minimum Gasteiger partial charge on any atom is -0.455 e. The van der Waals surface area contributed by atoms with Gasteiger partial charge in [-0.2, -0.15) is 0 Å². The summed E-state index contributed by atoms with van der Waals surface area (Å²) in [5.41, 5.74) is 12.2. The van der Waals surface area contributed by atoms with Crippen molar-refractivity contribution in [2.75, 3.05) is 4.90 Å². The van der Waals surface area contributed by atoms with E-state index >= 15 is 0 Å². The molecule has 1 aromatic heterocycles. The second-order valence-corrected chi connectivity index (χ2v) is 16.8. The van der Waals surface area contributed by atoms with Crippen LogP contribution in [0.15, 0.2) is 241 Å². The van der Waals surface area contributed by atoms with Crippen LogP contribution in [0.3, 0.4) is 0 Å². The molecule has 0 saturated heterocycles. The Morgan fingerprint density at radius 2 is 0.891 bits per heavy atom. The number of benzene rings is 12. The summed E-state index contributed by atoms with van der Waals surface area (Å²) in [7, 11) is 0. The quantitative estimate of drug-likeness (QED) is 0.156. The lowest BCUT2D eigenvalue weighted by Crippen LogP contribution is -2.11. The first kappa shape index (κ1) is 36.2. The number of para-hydroxylation sites is 1. The molecule has 0 aliphatic rings. The second kappa shape index (κ2) is 14.6. The molecule has 12 aromatic carbocycles. The minimum absolute atomic E-state index is 0.904. The first-order valence-electron chi connectivity index (χ1n) is 22.0. The third-order valence-corrected chi connectivity index (χ3v) is 13.2. The molecule has 0 amide bonds. The highest BCUT2D eigenvalue weighted by Crippen LogP contribution is 2.47. The largest absolute Gasteiger partial charge is 0.455 e. The Bertz CT molecular complexity index is 3970. The van der Waals surface area contributed by atoms with Crippen LogP contribution in [-0.4, -0.2) is 0 Å². The number of anilines is 3. The second-order valence-electron chi connectivity index (χ2n) is 16.8. The van der Waals surface area contributed by atoms with E-state index in [2.05, 4.69) is 235 Å². The molecule has 0 fully saturated rings. The van der Waals surface area contributed by atoms with E-state index in [1.807, 2.05) is 6.07 Å². The highest BCUT2D eigenvalue weighted by molar-refractivity contribution is 6.18. The Morgan fingerprint density at radius 3 is 1.78 bits per heavy atom. The van der Waals surface area contributed by atoms with Crippen LogP contribution in [-0.2, 0) is 0 Å². The van der Waals surface area contributed by atoms with E-state index in [0.29, 0.717) is 0 Å². The molecule has 1 heterocycles. The van der Waals surface area contributed by atoms with Crippen LogP contribution in [0.4, 0.5) is 17.1 Å². The Balaban J connectivity index is 1.07. The van der Waals surface area contributed by atoms with E-state index in [1.54, 1.807) is 0 Å². The molecule has 0 aliphatic carbocycles. The summed E-state index contributed by atoms with van der Waals surface area (Å²) >= 11 is 0. The minimum atomic E-state index is 0.904. The normalized spacial score (nSPS) is 11.8. The fourth-order valence-electron chi connectivity index (χ4n) is 10.2. The van der Waals surface area contributed by atoms with Crippen LogP contribution < -0.4 is 4.90 Å². The molecular formula is C62H39NO. The van der Waals surface area contributed by atoms with E-state index in [9.17, 15) is 0 Å². The van der Waals surface area contributed by atoms with E-state index in [1.165, 1.54) is 76.5 Å². The molecule has 298 valence electrons. The maximum atomic E-state index is 6.54. The van der Waals surface area contributed by atoms with Gasteiger partial charge in [0.15, 0.2) is 0 Å². The van der Waals surface area contributed by atoms with Crippen LogP contribution in [0, 0.1) is 0 Å². The van der Waals surface area contributed by atoms with Crippen molar-refractivity contribution >= 4 is 92.9 Å². The summed E-state index contributed by atoms with van der Waals surface area (Å²) in [6.45, 7) is 0. The van der Waals surface area contributed by atoms with Crippen molar-refractivity contribution < 1.29 is 4.42 Å². The zero-order valence-electron chi connectivity index (χ0n) is 34.9. The number of rotatable bonds is 6. The number of hydrogen-bond acceptors (Lipinski definition) is 2. The highest BCUT2D eigenvalue weighted by Gasteiger charge is 2.21. The summed E-state index contributed by atoms with van der Waals surface area (Å²) in [5.74, 6) is 0. The zero-order chi connectivity index (χ0) is 42.1. The molecule has 0 N–H and O–H groups in total. The lowest BCUT2D eigenvalue weighted by molar-refractivity contribution is 0.672. The molecule has 0 spiro atoms. The van der Waals surface area contributed by atoms with Crippen molar-refractivity contribution in [3.05, 3.63) is 237 Å². The van der Waals surface area contributed by atoms with Gasteiger partial charge in [0.05, 0.1) is 5.69 Å². The molecule has 64 heavy (non-hydrogen) atoms. The maximum Gasteiger partial charge on any atom is 0.143 e. The Hall–Kier alpha value is -8.46. The van der Waals surface area contributed by atoms with Crippen LogP contribution in [0.2, 0.25) is 0 Å². The average Bonchev–Trinajstić information content (AvgIpc) is 3.75. The molecule has 13 rings (SSSR count). The van der Waals surface area contributed by atoms with Gasteiger partial charge in [-0.05, 0) is 137 Å². The molecule has 13 aromatic rings. The Labute approximate surface area is 370 Å². The predicted octanol–water partition coefficient (Wildman–Crippen LogP) is 17.8. The van der Waals surface area contributed by atoms with Gasteiger partial charge in [-0.15, -0.1) is 0 Å². The van der Waals surface area contributed by atoms with Crippen molar-refractivity contribution in [1.29, 1.82) is 0 Å². The SMILES string of the molecule is c1ccc(-c2ccc(N(c3ccc4c(ccc5c6ccccc6oc45)c3)c3cccc4c(-c5cc6ccccc6c6ccccc56)cccc34)cc2-c2ccc3ccccc3c2)cc1. The molecule has 0 saturated carbocycles. The molecule has 0 aliphatic heterocycles. The van der Waals surface area contributed by atoms with Crippen LogP contribution in [0.5, 0.6) is 0 Å².